The van der Waals surface area contributed by atoms with Crippen molar-refractivity contribution in [3.8, 4) is 16.9 Å². The first kappa shape index (κ1) is 28.4. The lowest BCUT2D eigenvalue weighted by Gasteiger charge is -2.52. The minimum absolute atomic E-state index is 0.00892. The van der Waals surface area contributed by atoms with Crippen LogP contribution in [0.1, 0.15) is 27.9 Å². The van der Waals surface area contributed by atoms with Gasteiger partial charge in [-0.05, 0) is 56.1 Å². The molecule has 0 bridgehead atoms. The SMILES string of the molecule is CN(C)[C@@H]1C(=O)C(C(N)=O)C(=O)[C@@]2(O)C(=O)C3C(=O)c4c(O)c(CN5CCOCC5)cc(-c5ccoc5)c4C[C@H]3C[C@@H]12. The number of nitrogens with two attached hydrogens (primary N) is 1. The number of primary amides is 1. The monoisotopic (exact) mass is 579 g/mol. The smallest absolute Gasteiger partial charge is 0.235 e. The van der Waals surface area contributed by atoms with Crippen molar-refractivity contribution in [1.29, 1.82) is 0 Å². The minimum Gasteiger partial charge on any atom is -0.507 e. The normalized spacial score (nSPS) is 31.6. The molecule has 12 heteroatoms. The zero-order valence-electron chi connectivity index (χ0n) is 23.4. The average molecular weight is 580 g/mol. The second-order valence-electron chi connectivity index (χ2n) is 12.0. The number of aliphatic hydroxyl groups is 1. The number of ether oxygens (including phenoxy) is 1. The molecular weight excluding hydrogens is 546 g/mol. The molecule has 42 heavy (non-hydrogen) atoms. The molecule has 1 amide bonds. The number of Topliss-reactive ketones (excluding diaryl/α,β-unsaturated/α-hetero) is 4. The molecule has 0 spiro atoms. The summed E-state index contributed by atoms with van der Waals surface area (Å²) in [5.74, 6) is -10.6. The van der Waals surface area contributed by atoms with Crippen LogP contribution in [0.2, 0.25) is 0 Å². The maximum Gasteiger partial charge on any atom is 0.235 e. The van der Waals surface area contributed by atoms with Gasteiger partial charge in [0, 0.05) is 36.7 Å². The van der Waals surface area contributed by atoms with Crippen LogP contribution < -0.4 is 5.73 Å². The summed E-state index contributed by atoms with van der Waals surface area (Å²) in [7, 11) is 3.11. The van der Waals surface area contributed by atoms with Crippen molar-refractivity contribution in [3.63, 3.8) is 0 Å². The first-order valence-electron chi connectivity index (χ1n) is 14.0. The fourth-order valence-electron chi connectivity index (χ4n) is 7.52. The Hall–Kier alpha value is -3.71. The summed E-state index contributed by atoms with van der Waals surface area (Å²) < 4.78 is 10.8. The summed E-state index contributed by atoms with van der Waals surface area (Å²) in [6, 6.07) is 2.43. The Morgan fingerprint density at radius 2 is 1.88 bits per heavy atom. The number of furan rings is 1. The molecule has 1 saturated heterocycles. The average Bonchev–Trinajstić information content (AvgIpc) is 3.47. The third kappa shape index (κ3) is 4.08. The van der Waals surface area contributed by atoms with E-state index < -0.39 is 64.4 Å². The van der Waals surface area contributed by atoms with Crippen molar-refractivity contribution < 1.29 is 43.3 Å². The zero-order chi connectivity index (χ0) is 30.1. The summed E-state index contributed by atoms with van der Waals surface area (Å²) in [4.78, 5) is 70.9. The number of nitrogens with zero attached hydrogens (tertiary/aromatic N) is 2. The predicted octanol–water partition coefficient (Wildman–Crippen LogP) is -0.0408. The predicted molar refractivity (Wildman–Crippen MR) is 145 cm³/mol. The molecule has 3 fully saturated rings. The topological polar surface area (TPSA) is 181 Å². The third-order valence-electron chi connectivity index (χ3n) is 9.47. The molecule has 1 aromatic heterocycles. The molecule has 4 N–H and O–H groups in total. The van der Waals surface area contributed by atoms with E-state index in [4.69, 9.17) is 14.9 Å². The van der Waals surface area contributed by atoms with Crippen molar-refractivity contribution in [2.45, 2.75) is 31.0 Å². The van der Waals surface area contributed by atoms with Crippen LogP contribution in [-0.2, 0) is 36.9 Å². The molecule has 3 aliphatic carbocycles. The van der Waals surface area contributed by atoms with Crippen LogP contribution >= 0.6 is 0 Å². The van der Waals surface area contributed by atoms with Gasteiger partial charge in [0.05, 0.1) is 43.3 Å². The second kappa shape index (κ2) is 10.2. The number of amides is 1. The number of hydrogen-bond acceptors (Lipinski definition) is 11. The highest BCUT2D eigenvalue weighted by Crippen LogP contribution is 2.52. The van der Waals surface area contributed by atoms with Gasteiger partial charge in [-0.25, -0.2) is 0 Å². The number of rotatable bonds is 5. The van der Waals surface area contributed by atoms with Gasteiger partial charge in [-0.15, -0.1) is 0 Å². The lowest BCUT2D eigenvalue weighted by Crippen LogP contribution is -2.74. The van der Waals surface area contributed by atoms with E-state index >= 15 is 0 Å². The number of morpholine rings is 1. The quantitative estimate of drug-likeness (QED) is 0.405. The highest BCUT2D eigenvalue weighted by Gasteiger charge is 2.69. The summed E-state index contributed by atoms with van der Waals surface area (Å²) in [5.41, 5.74) is 5.00. The first-order valence-corrected chi connectivity index (χ1v) is 14.0. The van der Waals surface area contributed by atoms with Crippen LogP contribution in [0, 0.1) is 23.7 Å². The Kier molecular flexibility index (Phi) is 6.92. The Balaban J connectivity index is 1.48. The zero-order valence-corrected chi connectivity index (χ0v) is 23.4. The van der Waals surface area contributed by atoms with Gasteiger partial charge in [0.1, 0.15) is 5.75 Å². The number of fused-ring (bicyclic) bond motifs is 3. The molecule has 2 aromatic rings. The Morgan fingerprint density at radius 3 is 2.50 bits per heavy atom. The second-order valence-corrected chi connectivity index (χ2v) is 12.0. The fraction of sp³-hybridized carbons (Fsp3) is 0.500. The fourth-order valence-corrected chi connectivity index (χ4v) is 7.52. The van der Waals surface area contributed by atoms with Crippen molar-refractivity contribution in [3.05, 3.63) is 41.3 Å². The number of ketones is 4. The Bertz CT molecular complexity index is 1490. The standard InChI is InChI=1S/C30H33N3O9/c1-32(2)23-19-11-15-9-18-17(14-3-6-42-13-14)10-16(12-33-4-7-41-8-5-33)24(34)21(18)25(35)20(15)27(37)30(19,40)28(38)22(26(23)36)29(31)39/h3,6,10,13,15,19-20,22-23,34,40H,4-5,7-9,11-12H2,1-2H3,(H2,31,39)/t15-,19-,20?,22?,23-,30-/m0/s1. The lowest BCUT2D eigenvalue weighted by atomic mass is 9.52. The molecule has 2 saturated carbocycles. The van der Waals surface area contributed by atoms with Crippen LogP contribution in [-0.4, -0.2) is 101 Å². The van der Waals surface area contributed by atoms with E-state index in [0.29, 0.717) is 55.1 Å². The molecular formula is C30H33N3O9. The van der Waals surface area contributed by atoms with Crippen molar-refractivity contribution in [1.82, 2.24) is 9.80 Å². The van der Waals surface area contributed by atoms with Gasteiger partial charge in [-0.2, -0.15) is 0 Å². The molecule has 12 nitrogen and oxygen atoms in total. The number of phenols is 1. The number of aromatic hydroxyl groups is 1. The number of phenolic OH excluding ortho intramolecular Hbond substituents is 1. The summed E-state index contributed by atoms with van der Waals surface area (Å²) in [6.45, 7) is 2.68. The molecule has 1 aliphatic heterocycles. The van der Waals surface area contributed by atoms with Gasteiger partial charge >= 0.3 is 0 Å². The van der Waals surface area contributed by atoms with Crippen LogP contribution in [0.25, 0.3) is 11.1 Å². The molecule has 2 unspecified atom stereocenters. The van der Waals surface area contributed by atoms with Gasteiger partial charge in [-0.1, -0.05) is 0 Å². The van der Waals surface area contributed by atoms with Crippen LogP contribution in [0.15, 0.2) is 29.1 Å². The van der Waals surface area contributed by atoms with Crippen molar-refractivity contribution in [2.75, 3.05) is 40.4 Å². The highest BCUT2D eigenvalue weighted by atomic mass is 16.5. The number of carbonyl (C=O) groups excluding carboxylic acids is 5. The maximum absolute atomic E-state index is 14.2. The van der Waals surface area contributed by atoms with Crippen molar-refractivity contribution in [2.24, 2.45) is 29.4 Å². The molecule has 6 atom stereocenters. The summed E-state index contributed by atoms with van der Waals surface area (Å²) in [5, 5.41) is 23.3. The molecule has 0 radical (unpaired) electrons. The van der Waals surface area contributed by atoms with Crippen LogP contribution in [0.5, 0.6) is 5.75 Å². The van der Waals surface area contributed by atoms with Crippen LogP contribution in [0.4, 0.5) is 0 Å². The van der Waals surface area contributed by atoms with E-state index in [2.05, 4.69) is 4.90 Å². The number of likely N-dealkylation sites (N-methyl/N-ethyl adjacent to an activating group) is 1. The van der Waals surface area contributed by atoms with E-state index in [-0.39, 0.29) is 24.2 Å². The van der Waals surface area contributed by atoms with E-state index in [9.17, 15) is 34.2 Å². The summed E-state index contributed by atoms with van der Waals surface area (Å²) in [6.07, 6.45) is 3.21. The minimum atomic E-state index is -2.76. The summed E-state index contributed by atoms with van der Waals surface area (Å²) >= 11 is 0. The third-order valence-corrected chi connectivity index (χ3v) is 9.47. The van der Waals surface area contributed by atoms with E-state index in [1.165, 1.54) is 17.4 Å². The molecule has 6 rings (SSSR count). The Morgan fingerprint density at radius 1 is 1.17 bits per heavy atom. The number of benzene rings is 1. The molecule has 2 heterocycles. The van der Waals surface area contributed by atoms with E-state index in [1.54, 1.807) is 20.2 Å². The molecule has 4 aliphatic rings. The van der Waals surface area contributed by atoms with E-state index in [1.807, 2.05) is 6.07 Å². The molecule has 222 valence electrons. The Labute approximate surface area is 241 Å². The van der Waals surface area contributed by atoms with Crippen molar-refractivity contribution >= 4 is 29.0 Å². The first-order chi connectivity index (χ1) is 20.0. The number of hydrogen-bond donors (Lipinski definition) is 3. The highest BCUT2D eigenvalue weighted by molar-refractivity contribution is 6.32. The molecule has 1 aromatic carbocycles. The van der Waals surface area contributed by atoms with Crippen LogP contribution in [0.3, 0.4) is 0 Å². The van der Waals surface area contributed by atoms with Gasteiger partial charge < -0.3 is 25.1 Å². The van der Waals surface area contributed by atoms with Gasteiger partial charge in [-0.3, -0.25) is 33.8 Å². The lowest BCUT2D eigenvalue weighted by molar-refractivity contribution is -0.181. The maximum atomic E-state index is 14.2. The van der Waals surface area contributed by atoms with Gasteiger partial charge in [0.15, 0.2) is 34.7 Å². The number of carbonyl (C=O) groups is 5. The van der Waals surface area contributed by atoms with Gasteiger partial charge in [0.25, 0.3) is 0 Å². The largest absolute Gasteiger partial charge is 0.507 e. The van der Waals surface area contributed by atoms with Gasteiger partial charge in [0.2, 0.25) is 5.91 Å². The van der Waals surface area contributed by atoms with E-state index in [0.717, 1.165) is 0 Å².